The molecule has 2 aromatic carbocycles. The second-order valence-corrected chi connectivity index (χ2v) is 12.4. The number of primary amides is 1. The number of hydrogen-bond donors (Lipinski definition) is 3. The Morgan fingerprint density at radius 3 is 2.41 bits per heavy atom. The molecule has 3 unspecified atom stereocenters. The van der Waals surface area contributed by atoms with E-state index >= 15 is 0 Å². The van der Waals surface area contributed by atoms with Crippen LogP contribution in [0.4, 0.5) is 0 Å². The van der Waals surface area contributed by atoms with Crippen molar-refractivity contribution in [1.29, 1.82) is 0 Å². The van der Waals surface area contributed by atoms with Gasteiger partial charge >= 0.3 is 5.97 Å². The van der Waals surface area contributed by atoms with Gasteiger partial charge in [-0.2, -0.15) is 0 Å². The van der Waals surface area contributed by atoms with Gasteiger partial charge in [0.15, 0.2) is 24.1 Å². The van der Waals surface area contributed by atoms with Crippen LogP contribution in [0.25, 0.3) is 0 Å². The topological polar surface area (TPSA) is 173 Å². The number of thiocarbonyl (C=S) groups is 1. The number of aliphatic hydroxyl groups excluding tert-OH is 1. The molecular weight excluding hydrogens is 616 g/mol. The Morgan fingerprint density at radius 2 is 1.78 bits per heavy atom. The van der Waals surface area contributed by atoms with Gasteiger partial charge in [0.25, 0.3) is 5.91 Å². The molecule has 3 aliphatic rings. The Hall–Kier alpha value is -4.17. The highest BCUT2D eigenvalue weighted by Gasteiger charge is 2.63. The zero-order valence-corrected chi connectivity index (χ0v) is 26.8. The van der Waals surface area contributed by atoms with E-state index in [0.717, 1.165) is 7.11 Å². The molecular formula is C33H36N2O10S. The first kappa shape index (κ1) is 33.2. The summed E-state index contributed by atoms with van der Waals surface area (Å²) in [6, 6.07) is 12.5. The number of carbonyl (C=O) groups is 4. The van der Waals surface area contributed by atoms with Gasteiger partial charge in [0, 0.05) is 30.9 Å². The molecule has 0 saturated carbocycles. The van der Waals surface area contributed by atoms with Crippen molar-refractivity contribution in [3.05, 3.63) is 76.6 Å². The van der Waals surface area contributed by atoms with Crippen LogP contribution in [-0.4, -0.2) is 72.5 Å². The summed E-state index contributed by atoms with van der Waals surface area (Å²) in [7, 11) is 2.58. The number of esters is 1. The molecule has 1 saturated heterocycles. The fraction of sp³-hybridized carbons (Fsp3) is 0.424. The van der Waals surface area contributed by atoms with E-state index in [-0.39, 0.29) is 24.0 Å². The molecule has 1 fully saturated rings. The lowest BCUT2D eigenvalue weighted by Gasteiger charge is -2.57. The van der Waals surface area contributed by atoms with E-state index in [1.165, 1.54) is 7.11 Å². The predicted molar refractivity (Wildman–Crippen MR) is 167 cm³/mol. The van der Waals surface area contributed by atoms with E-state index in [2.05, 4.69) is 5.32 Å². The SMILES string of the molecule is COCOc1cccc2c1C(=O)C[C@@H]1[C@@H](C3C(NC(=S)c4ccccc4)C(=O)C(C(N)=O)=C(O)C3C(=O)OC)OC(C)(C)O[C@]21C. The molecule has 0 radical (unpaired) electrons. The summed E-state index contributed by atoms with van der Waals surface area (Å²) in [5, 5.41) is 14.4. The van der Waals surface area contributed by atoms with Crippen molar-refractivity contribution in [2.45, 2.75) is 50.7 Å². The van der Waals surface area contributed by atoms with Crippen molar-refractivity contribution >= 4 is 40.6 Å². The Bertz CT molecular complexity index is 1620. The van der Waals surface area contributed by atoms with Crippen molar-refractivity contribution < 1.29 is 48.0 Å². The molecule has 6 atom stereocenters. The number of ether oxygens (including phenoxy) is 5. The molecule has 12 nitrogen and oxygen atoms in total. The van der Waals surface area contributed by atoms with Crippen LogP contribution in [0.15, 0.2) is 59.9 Å². The number of hydrogen-bond acceptors (Lipinski definition) is 11. The van der Waals surface area contributed by atoms with Crippen LogP contribution in [0.3, 0.4) is 0 Å². The number of amides is 1. The molecule has 2 aliphatic carbocycles. The van der Waals surface area contributed by atoms with Crippen LogP contribution in [0, 0.1) is 17.8 Å². The first-order chi connectivity index (χ1) is 21.8. The summed E-state index contributed by atoms with van der Waals surface area (Å²) in [6.07, 6.45) is -1.26. The Labute approximate surface area is 271 Å². The smallest absolute Gasteiger partial charge is 0.316 e. The van der Waals surface area contributed by atoms with Gasteiger partial charge in [-0.15, -0.1) is 0 Å². The maximum atomic E-state index is 14.1. The van der Waals surface area contributed by atoms with Gasteiger partial charge in [-0.25, -0.2) is 0 Å². The minimum atomic E-state index is -1.60. The lowest BCUT2D eigenvalue weighted by molar-refractivity contribution is -0.368. The lowest BCUT2D eigenvalue weighted by Crippen LogP contribution is -2.66. The number of Topliss-reactive ketones (excluding diaryl/α,β-unsaturated/α-hetero) is 2. The summed E-state index contributed by atoms with van der Waals surface area (Å²) in [6.45, 7) is 5.06. The first-order valence-electron chi connectivity index (χ1n) is 14.6. The number of methoxy groups -OCH3 is 2. The van der Waals surface area contributed by atoms with E-state index < -0.39 is 70.3 Å². The molecule has 0 bridgehead atoms. The summed E-state index contributed by atoms with van der Waals surface area (Å²) >= 11 is 5.66. The van der Waals surface area contributed by atoms with Gasteiger partial charge in [-0.3, -0.25) is 19.2 Å². The second-order valence-electron chi connectivity index (χ2n) is 12.0. The van der Waals surface area contributed by atoms with Crippen molar-refractivity contribution in [2.24, 2.45) is 23.5 Å². The fourth-order valence-electron chi connectivity index (χ4n) is 7.01. The third-order valence-electron chi connectivity index (χ3n) is 8.81. The van der Waals surface area contributed by atoms with E-state index in [4.69, 9.17) is 41.6 Å². The number of fused-ring (bicyclic) bond motifs is 3. The number of aliphatic hydroxyl groups is 1. The highest BCUT2D eigenvalue weighted by Crippen LogP contribution is 2.55. The molecule has 244 valence electrons. The fourth-order valence-corrected chi connectivity index (χ4v) is 7.27. The standard InChI is InChI=1S/C33H36N2O10S/c1-32(2)44-28(18-14-19(36)21-17(33(18,3)45-32)12-9-13-20(21)43-15-41-4)22-23(31(40)42-5)26(37)24(29(34)39)27(38)25(22)35-30(46)16-10-7-6-8-11-16/h6-13,18,22-23,25,28,37H,14-15H2,1-5H3,(H2,34,39)(H,35,46)/t18-,22?,23?,25?,28+,33-/m1/s1. The Morgan fingerprint density at radius 1 is 1.09 bits per heavy atom. The Balaban J connectivity index is 1.71. The van der Waals surface area contributed by atoms with Crippen LogP contribution in [-0.2, 0) is 38.9 Å². The van der Waals surface area contributed by atoms with E-state index in [0.29, 0.717) is 22.4 Å². The molecule has 4 N–H and O–H groups in total. The molecule has 2 aromatic rings. The maximum Gasteiger partial charge on any atom is 0.316 e. The maximum absolute atomic E-state index is 14.1. The predicted octanol–water partition coefficient (Wildman–Crippen LogP) is 2.86. The zero-order chi connectivity index (χ0) is 33.6. The van der Waals surface area contributed by atoms with E-state index in [1.54, 1.807) is 69.3 Å². The molecule has 0 spiro atoms. The minimum Gasteiger partial charge on any atom is -0.510 e. The van der Waals surface area contributed by atoms with Gasteiger partial charge < -0.3 is 39.8 Å². The first-order valence-corrected chi connectivity index (χ1v) is 15.0. The third-order valence-corrected chi connectivity index (χ3v) is 9.17. The third kappa shape index (κ3) is 5.68. The second kappa shape index (κ2) is 12.6. The van der Waals surface area contributed by atoms with Crippen LogP contribution < -0.4 is 15.8 Å². The number of benzene rings is 2. The molecule has 46 heavy (non-hydrogen) atoms. The monoisotopic (exact) mass is 652 g/mol. The highest BCUT2D eigenvalue weighted by atomic mass is 32.1. The van der Waals surface area contributed by atoms with Crippen LogP contribution >= 0.6 is 12.2 Å². The molecule has 5 rings (SSSR count). The van der Waals surface area contributed by atoms with Crippen LogP contribution in [0.5, 0.6) is 5.75 Å². The summed E-state index contributed by atoms with van der Waals surface area (Å²) in [5.41, 5.74) is 4.98. The van der Waals surface area contributed by atoms with Crippen molar-refractivity contribution in [1.82, 2.24) is 5.32 Å². The minimum absolute atomic E-state index is 0.0879. The lowest BCUT2D eigenvalue weighted by atomic mass is 9.61. The summed E-state index contributed by atoms with van der Waals surface area (Å²) in [4.78, 5) is 54.2. The number of nitrogens with one attached hydrogen (secondary N) is 1. The average Bonchev–Trinajstić information content (AvgIpc) is 3.01. The van der Waals surface area contributed by atoms with Gasteiger partial charge in [-0.05, 0) is 32.4 Å². The molecule has 0 aromatic heterocycles. The average molecular weight is 653 g/mol. The summed E-state index contributed by atoms with van der Waals surface area (Å²) in [5.74, 6) is -8.88. The van der Waals surface area contributed by atoms with E-state index in [9.17, 15) is 24.3 Å². The number of carbonyl (C=O) groups excluding carboxylic acids is 4. The molecule has 1 aliphatic heterocycles. The van der Waals surface area contributed by atoms with E-state index in [1.807, 2.05) is 0 Å². The van der Waals surface area contributed by atoms with Crippen molar-refractivity contribution in [2.75, 3.05) is 21.0 Å². The number of nitrogens with two attached hydrogens (primary N) is 1. The van der Waals surface area contributed by atoms with Crippen LogP contribution in [0.1, 0.15) is 48.7 Å². The van der Waals surface area contributed by atoms with Crippen molar-refractivity contribution in [3.63, 3.8) is 0 Å². The quantitative estimate of drug-likeness (QED) is 0.165. The molecule has 1 heterocycles. The molecule has 1 amide bonds. The normalized spacial score (nSPS) is 28.5. The largest absolute Gasteiger partial charge is 0.510 e. The van der Waals surface area contributed by atoms with Gasteiger partial charge in [-0.1, -0.05) is 54.7 Å². The van der Waals surface area contributed by atoms with Crippen molar-refractivity contribution in [3.8, 4) is 5.75 Å². The van der Waals surface area contributed by atoms with Gasteiger partial charge in [0.05, 0.1) is 24.8 Å². The number of ketones is 2. The van der Waals surface area contributed by atoms with Gasteiger partial charge in [0.1, 0.15) is 33.6 Å². The number of rotatable bonds is 8. The highest BCUT2D eigenvalue weighted by molar-refractivity contribution is 7.80. The van der Waals surface area contributed by atoms with Crippen LogP contribution in [0.2, 0.25) is 0 Å². The summed E-state index contributed by atoms with van der Waals surface area (Å²) < 4.78 is 29.0. The zero-order valence-electron chi connectivity index (χ0n) is 26.0. The Kier molecular flexibility index (Phi) is 9.06. The van der Waals surface area contributed by atoms with Gasteiger partial charge in [0.2, 0.25) is 0 Å². The molecule has 13 heteroatoms.